The van der Waals surface area contributed by atoms with Crippen molar-refractivity contribution in [1.82, 2.24) is 4.98 Å². The summed E-state index contributed by atoms with van der Waals surface area (Å²) in [4.78, 5) is 14.9. The first-order chi connectivity index (χ1) is 11.4. The number of ether oxygens (including phenoxy) is 1. The largest absolute Gasteiger partial charge is 0.465 e. The first-order valence-electron chi connectivity index (χ1n) is 7.02. The molecule has 2 aromatic carbocycles. The number of hydrogen-bond donors (Lipinski definition) is 1. The molecule has 0 aliphatic rings. The van der Waals surface area contributed by atoms with Crippen molar-refractivity contribution in [1.29, 1.82) is 0 Å². The lowest BCUT2D eigenvalue weighted by Crippen LogP contribution is -2.03. The fourth-order valence-corrected chi connectivity index (χ4v) is 2.87. The summed E-state index contributed by atoms with van der Waals surface area (Å²) < 4.78 is 48.9. The average Bonchev–Trinajstić information content (AvgIpc) is 3.08. The van der Waals surface area contributed by atoms with E-state index in [1.807, 2.05) is 0 Å². The molecule has 1 N–H and O–H groups in total. The third-order valence-corrected chi connectivity index (χ3v) is 3.98. The van der Waals surface area contributed by atoms with Gasteiger partial charge in [0, 0.05) is 10.8 Å². The van der Waals surface area contributed by atoms with Crippen molar-refractivity contribution in [3.05, 3.63) is 47.5 Å². The van der Waals surface area contributed by atoms with Crippen molar-refractivity contribution in [3.63, 3.8) is 0 Å². The lowest BCUT2D eigenvalue weighted by molar-refractivity contribution is -0.137. The molecule has 0 amide bonds. The van der Waals surface area contributed by atoms with Crippen LogP contribution in [0.3, 0.4) is 0 Å². The van der Waals surface area contributed by atoms with Gasteiger partial charge in [-0.3, -0.25) is 0 Å². The minimum Gasteiger partial charge on any atom is -0.465 e. The lowest BCUT2D eigenvalue weighted by atomic mass is 10.1. The normalized spacial score (nSPS) is 12.3. The summed E-state index contributed by atoms with van der Waals surface area (Å²) in [6.07, 6.45) is -4.44. The number of aromatic amines is 1. The second kappa shape index (κ2) is 4.77. The molecule has 0 unspecified atom stereocenters. The van der Waals surface area contributed by atoms with Crippen LogP contribution in [0.4, 0.5) is 13.2 Å². The first-order valence-corrected chi connectivity index (χ1v) is 7.02. The molecule has 0 radical (unpaired) electrons. The minimum absolute atomic E-state index is 0.136. The van der Waals surface area contributed by atoms with Gasteiger partial charge in [-0.2, -0.15) is 13.2 Å². The highest BCUT2D eigenvalue weighted by Gasteiger charge is 2.31. The van der Waals surface area contributed by atoms with Crippen LogP contribution >= 0.6 is 0 Å². The standard InChI is InChI=1S/C17H10F3NO3/c1-23-16(22)11-4-2-3-10-13(11)21-14-9-6-5-8(17(18,19)20)7-12(9)24-15(10)14/h2-7,21H,1H3. The molecule has 4 nitrogen and oxygen atoms in total. The number of carbonyl (C=O) groups is 1. The molecule has 7 heteroatoms. The number of methoxy groups -OCH3 is 1. The number of H-pyrrole nitrogens is 1. The molecule has 2 aromatic heterocycles. The number of aromatic nitrogens is 1. The van der Waals surface area contributed by atoms with Gasteiger partial charge in [0.1, 0.15) is 5.58 Å². The molecule has 0 saturated carbocycles. The summed E-state index contributed by atoms with van der Waals surface area (Å²) >= 11 is 0. The van der Waals surface area contributed by atoms with E-state index in [1.54, 1.807) is 18.2 Å². The lowest BCUT2D eigenvalue weighted by Gasteiger charge is -2.05. The number of carbonyl (C=O) groups excluding carboxylic acids is 1. The fourth-order valence-electron chi connectivity index (χ4n) is 2.87. The molecule has 0 bridgehead atoms. The van der Waals surface area contributed by atoms with Crippen LogP contribution in [0.15, 0.2) is 40.8 Å². The van der Waals surface area contributed by atoms with E-state index in [1.165, 1.54) is 13.2 Å². The third-order valence-electron chi connectivity index (χ3n) is 3.98. The molecule has 24 heavy (non-hydrogen) atoms. The van der Waals surface area contributed by atoms with E-state index < -0.39 is 17.7 Å². The quantitative estimate of drug-likeness (QED) is 0.506. The van der Waals surface area contributed by atoms with Crippen LogP contribution in [-0.2, 0) is 10.9 Å². The van der Waals surface area contributed by atoms with Crippen LogP contribution in [0.2, 0.25) is 0 Å². The van der Waals surface area contributed by atoms with E-state index in [0.717, 1.165) is 12.1 Å². The number of nitrogens with one attached hydrogen (secondary N) is 1. The molecular formula is C17H10F3NO3. The molecule has 122 valence electrons. The molecule has 0 fully saturated rings. The summed E-state index contributed by atoms with van der Waals surface area (Å²) in [7, 11) is 1.28. The number of esters is 1. The zero-order valence-electron chi connectivity index (χ0n) is 12.3. The number of halogens is 3. The molecule has 2 heterocycles. The van der Waals surface area contributed by atoms with E-state index >= 15 is 0 Å². The van der Waals surface area contributed by atoms with E-state index in [4.69, 9.17) is 9.15 Å². The van der Waals surface area contributed by atoms with Crippen molar-refractivity contribution in [2.75, 3.05) is 7.11 Å². The second-order valence-electron chi connectivity index (χ2n) is 5.36. The van der Waals surface area contributed by atoms with Crippen molar-refractivity contribution >= 4 is 38.9 Å². The van der Waals surface area contributed by atoms with Gasteiger partial charge in [-0.25, -0.2) is 4.79 Å². The van der Waals surface area contributed by atoms with Gasteiger partial charge >= 0.3 is 12.1 Å². The molecular weight excluding hydrogens is 323 g/mol. The number of fused-ring (bicyclic) bond motifs is 5. The Bertz CT molecular complexity index is 1110. The maximum absolute atomic E-state index is 12.8. The Hall–Kier alpha value is -2.96. The Morgan fingerprint density at radius 2 is 1.92 bits per heavy atom. The maximum atomic E-state index is 12.8. The number of furan rings is 1. The predicted molar refractivity (Wildman–Crippen MR) is 81.9 cm³/mol. The van der Waals surface area contributed by atoms with E-state index in [9.17, 15) is 18.0 Å². The Morgan fingerprint density at radius 1 is 1.12 bits per heavy atom. The van der Waals surface area contributed by atoms with Crippen molar-refractivity contribution in [3.8, 4) is 0 Å². The van der Waals surface area contributed by atoms with Gasteiger partial charge < -0.3 is 14.1 Å². The van der Waals surface area contributed by atoms with Crippen LogP contribution < -0.4 is 0 Å². The highest BCUT2D eigenvalue weighted by atomic mass is 19.4. The highest BCUT2D eigenvalue weighted by molar-refractivity contribution is 6.18. The zero-order chi connectivity index (χ0) is 17.1. The maximum Gasteiger partial charge on any atom is 0.416 e. The van der Waals surface area contributed by atoms with Gasteiger partial charge in [0.05, 0.1) is 29.3 Å². The van der Waals surface area contributed by atoms with Crippen molar-refractivity contribution in [2.45, 2.75) is 6.18 Å². The van der Waals surface area contributed by atoms with Gasteiger partial charge in [0.2, 0.25) is 0 Å². The van der Waals surface area contributed by atoms with E-state index in [0.29, 0.717) is 33.0 Å². The Morgan fingerprint density at radius 3 is 2.62 bits per heavy atom. The fraction of sp³-hybridized carbons (Fsp3) is 0.118. The molecule has 0 spiro atoms. The zero-order valence-corrected chi connectivity index (χ0v) is 12.3. The number of rotatable bonds is 1. The Labute approximate surface area is 132 Å². The molecule has 0 atom stereocenters. The SMILES string of the molecule is COC(=O)c1cccc2c1[nH]c1c3ccc(C(F)(F)F)cc3oc21. The predicted octanol–water partition coefficient (Wildman–Crippen LogP) is 4.87. The molecule has 0 saturated heterocycles. The monoisotopic (exact) mass is 333 g/mol. The second-order valence-corrected chi connectivity index (χ2v) is 5.36. The topological polar surface area (TPSA) is 55.2 Å². The number of alkyl halides is 3. The number of hydrogen-bond acceptors (Lipinski definition) is 3. The molecule has 4 rings (SSSR count). The van der Waals surface area contributed by atoms with Gasteiger partial charge in [-0.15, -0.1) is 0 Å². The van der Waals surface area contributed by atoms with Crippen LogP contribution in [-0.4, -0.2) is 18.1 Å². The van der Waals surface area contributed by atoms with E-state index in [-0.39, 0.29) is 5.58 Å². The molecule has 0 aliphatic carbocycles. The number of para-hydroxylation sites is 1. The Kier molecular flexibility index (Phi) is 2.90. The first kappa shape index (κ1) is 14.6. The van der Waals surface area contributed by atoms with Crippen LogP contribution in [0, 0.1) is 0 Å². The van der Waals surface area contributed by atoms with Gasteiger partial charge in [0.25, 0.3) is 0 Å². The summed E-state index contributed by atoms with van der Waals surface area (Å²) in [5.74, 6) is -0.506. The summed E-state index contributed by atoms with van der Waals surface area (Å²) in [5.41, 5.74) is 1.18. The highest BCUT2D eigenvalue weighted by Crippen LogP contribution is 2.38. The van der Waals surface area contributed by atoms with Crippen LogP contribution in [0.25, 0.3) is 33.0 Å². The van der Waals surface area contributed by atoms with Gasteiger partial charge in [0.15, 0.2) is 5.58 Å². The van der Waals surface area contributed by atoms with Gasteiger partial charge in [-0.1, -0.05) is 6.07 Å². The molecule has 0 aliphatic heterocycles. The summed E-state index contributed by atoms with van der Waals surface area (Å²) in [6, 6.07) is 8.33. The minimum atomic E-state index is -4.44. The summed E-state index contributed by atoms with van der Waals surface area (Å²) in [6.45, 7) is 0. The van der Waals surface area contributed by atoms with Crippen LogP contribution in [0.5, 0.6) is 0 Å². The summed E-state index contributed by atoms with van der Waals surface area (Å²) in [5, 5.41) is 1.13. The Balaban J connectivity index is 2.04. The smallest absolute Gasteiger partial charge is 0.416 e. The van der Waals surface area contributed by atoms with E-state index in [2.05, 4.69) is 4.98 Å². The number of benzene rings is 2. The third kappa shape index (κ3) is 1.97. The van der Waals surface area contributed by atoms with Crippen molar-refractivity contribution < 1.29 is 27.1 Å². The average molecular weight is 333 g/mol. The molecule has 4 aromatic rings. The van der Waals surface area contributed by atoms with Crippen molar-refractivity contribution in [2.24, 2.45) is 0 Å². The van der Waals surface area contributed by atoms with Crippen LogP contribution in [0.1, 0.15) is 15.9 Å². The van der Waals surface area contributed by atoms with Gasteiger partial charge in [-0.05, 0) is 30.3 Å².